The van der Waals surface area contributed by atoms with Gasteiger partial charge >= 0.3 is 0 Å². The van der Waals surface area contributed by atoms with Crippen LogP contribution in [0, 0.1) is 0 Å². The van der Waals surface area contributed by atoms with Gasteiger partial charge in [-0.15, -0.1) is 0 Å². The average Bonchev–Trinajstić information content (AvgIpc) is 2.75. The zero-order chi connectivity index (χ0) is 12.3. The molecule has 4 nitrogen and oxygen atoms in total. The van der Waals surface area contributed by atoms with Crippen LogP contribution in [0.5, 0.6) is 0 Å². The molecule has 0 spiro atoms. The highest BCUT2D eigenvalue weighted by molar-refractivity contribution is 7.91. The molecular formula is C12H24N2O2S. The second-order valence-corrected chi connectivity index (χ2v) is 7.62. The summed E-state index contributed by atoms with van der Waals surface area (Å²) < 4.78 is 22.8. The van der Waals surface area contributed by atoms with E-state index in [0.717, 1.165) is 32.5 Å². The molecule has 0 aliphatic carbocycles. The van der Waals surface area contributed by atoms with Crippen LogP contribution in [0.4, 0.5) is 0 Å². The van der Waals surface area contributed by atoms with E-state index in [9.17, 15) is 8.42 Å². The minimum atomic E-state index is -2.72. The standard InChI is InChI=1S/C12H24N2O2S/c1-2-6-13-11-3-7-14(10-11)12-4-8-17(15,16)9-5-12/h11-13H,2-10H2,1H3. The van der Waals surface area contributed by atoms with E-state index in [1.165, 1.54) is 12.8 Å². The summed E-state index contributed by atoms with van der Waals surface area (Å²) in [7, 11) is -2.72. The van der Waals surface area contributed by atoms with Gasteiger partial charge in [0.25, 0.3) is 0 Å². The molecule has 0 amide bonds. The molecule has 0 aromatic heterocycles. The maximum atomic E-state index is 11.4. The minimum Gasteiger partial charge on any atom is -0.313 e. The fraction of sp³-hybridized carbons (Fsp3) is 1.00. The maximum Gasteiger partial charge on any atom is 0.150 e. The smallest absolute Gasteiger partial charge is 0.150 e. The first kappa shape index (κ1) is 13.3. The van der Waals surface area contributed by atoms with Crippen LogP contribution < -0.4 is 5.32 Å². The number of hydrogen-bond donors (Lipinski definition) is 1. The highest BCUT2D eigenvalue weighted by Gasteiger charge is 2.32. The molecule has 2 saturated heterocycles. The maximum absolute atomic E-state index is 11.4. The Bertz CT molecular complexity index is 328. The summed E-state index contributed by atoms with van der Waals surface area (Å²) in [6.45, 7) is 5.51. The van der Waals surface area contributed by atoms with Crippen molar-refractivity contribution in [1.29, 1.82) is 0 Å². The van der Waals surface area contributed by atoms with Crippen molar-refractivity contribution in [2.75, 3.05) is 31.1 Å². The number of rotatable bonds is 4. The number of likely N-dealkylation sites (tertiary alicyclic amines) is 1. The van der Waals surface area contributed by atoms with Crippen molar-refractivity contribution in [3.8, 4) is 0 Å². The van der Waals surface area contributed by atoms with E-state index in [0.29, 0.717) is 23.6 Å². The molecule has 0 saturated carbocycles. The molecule has 1 unspecified atom stereocenters. The van der Waals surface area contributed by atoms with Crippen LogP contribution >= 0.6 is 0 Å². The lowest BCUT2D eigenvalue weighted by Gasteiger charge is -2.30. The van der Waals surface area contributed by atoms with E-state index in [1.54, 1.807) is 0 Å². The quantitative estimate of drug-likeness (QED) is 0.806. The monoisotopic (exact) mass is 260 g/mol. The molecule has 2 heterocycles. The van der Waals surface area contributed by atoms with Crippen LogP contribution in [0.3, 0.4) is 0 Å². The molecule has 100 valence electrons. The number of hydrogen-bond acceptors (Lipinski definition) is 4. The van der Waals surface area contributed by atoms with E-state index >= 15 is 0 Å². The van der Waals surface area contributed by atoms with Gasteiger partial charge in [-0.3, -0.25) is 4.90 Å². The van der Waals surface area contributed by atoms with E-state index in [2.05, 4.69) is 17.1 Å². The SMILES string of the molecule is CCCNC1CCN(C2CCS(=O)(=O)CC2)C1. The largest absolute Gasteiger partial charge is 0.313 e. The Hall–Kier alpha value is -0.130. The molecule has 1 atom stereocenters. The summed E-state index contributed by atoms with van der Waals surface area (Å²) in [4.78, 5) is 2.49. The van der Waals surface area contributed by atoms with Gasteiger partial charge in [0.1, 0.15) is 9.84 Å². The molecule has 0 radical (unpaired) electrons. The fourth-order valence-electron chi connectivity index (χ4n) is 2.88. The highest BCUT2D eigenvalue weighted by atomic mass is 32.2. The number of nitrogens with one attached hydrogen (secondary N) is 1. The van der Waals surface area contributed by atoms with Crippen LogP contribution in [-0.2, 0) is 9.84 Å². The Kier molecular flexibility index (Phi) is 4.44. The van der Waals surface area contributed by atoms with Gasteiger partial charge in [0.05, 0.1) is 11.5 Å². The molecule has 17 heavy (non-hydrogen) atoms. The van der Waals surface area contributed by atoms with Crippen molar-refractivity contribution >= 4 is 9.84 Å². The Morgan fingerprint density at radius 3 is 2.59 bits per heavy atom. The molecule has 1 N–H and O–H groups in total. The molecule has 2 fully saturated rings. The van der Waals surface area contributed by atoms with Crippen LogP contribution in [0.2, 0.25) is 0 Å². The summed E-state index contributed by atoms with van der Waals surface area (Å²) in [5, 5.41) is 3.56. The third-order valence-electron chi connectivity index (χ3n) is 3.94. The third-order valence-corrected chi connectivity index (χ3v) is 5.66. The van der Waals surface area contributed by atoms with Crippen molar-refractivity contribution in [2.24, 2.45) is 0 Å². The lowest BCUT2D eigenvalue weighted by Crippen LogP contribution is -2.42. The Labute approximate surface area is 105 Å². The summed E-state index contributed by atoms with van der Waals surface area (Å²) in [5.41, 5.74) is 0. The Morgan fingerprint density at radius 2 is 1.94 bits per heavy atom. The van der Waals surface area contributed by atoms with Gasteiger partial charge in [0, 0.05) is 25.2 Å². The number of nitrogens with zero attached hydrogens (tertiary/aromatic N) is 1. The van der Waals surface area contributed by atoms with Gasteiger partial charge in [-0.25, -0.2) is 8.42 Å². The Balaban J connectivity index is 1.77. The van der Waals surface area contributed by atoms with Crippen LogP contribution in [0.25, 0.3) is 0 Å². The van der Waals surface area contributed by atoms with Gasteiger partial charge in [-0.2, -0.15) is 0 Å². The molecular weight excluding hydrogens is 236 g/mol. The van der Waals surface area contributed by atoms with Gasteiger partial charge < -0.3 is 5.32 Å². The third kappa shape index (κ3) is 3.66. The second-order valence-electron chi connectivity index (χ2n) is 5.32. The van der Waals surface area contributed by atoms with E-state index in [-0.39, 0.29) is 0 Å². The molecule has 0 aromatic carbocycles. The first-order chi connectivity index (χ1) is 8.11. The molecule has 2 rings (SSSR count). The predicted molar refractivity (Wildman–Crippen MR) is 69.9 cm³/mol. The van der Waals surface area contributed by atoms with Crippen molar-refractivity contribution in [3.63, 3.8) is 0 Å². The van der Waals surface area contributed by atoms with Crippen molar-refractivity contribution in [1.82, 2.24) is 10.2 Å². The molecule has 2 aliphatic heterocycles. The first-order valence-electron chi connectivity index (χ1n) is 6.78. The molecule has 2 aliphatic rings. The lowest BCUT2D eigenvalue weighted by molar-refractivity contribution is 0.221. The average molecular weight is 260 g/mol. The second kappa shape index (κ2) is 5.67. The van der Waals surface area contributed by atoms with Gasteiger partial charge in [-0.05, 0) is 32.2 Å². The van der Waals surface area contributed by atoms with Gasteiger partial charge in [0.2, 0.25) is 0 Å². The highest BCUT2D eigenvalue weighted by Crippen LogP contribution is 2.22. The molecule has 0 bridgehead atoms. The lowest BCUT2D eigenvalue weighted by atomic mass is 10.1. The molecule has 0 aromatic rings. The summed E-state index contributed by atoms with van der Waals surface area (Å²) in [6, 6.07) is 1.13. The van der Waals surface area contributed by atoms with Crippen LogP contribution in [-0.4, -0.2) is 56.5 Å². The summed E-state index contributed by atoms with van der Waals surface area (Å²) in [6.07, 6.45) is 4.06. The minimum absolute atomic E-state index is 0.390. The summed E-state index contributed by atoms with van der Waals surface area (Å²) >= 11 is 0. The van der Waals surface area contributed by atoms with Gasteiger partial charge in [0.15, 0.2) is 0 Å². The normalized spacial score (nSPS) is 30.8. The van der Waals surface area contributed by atoms with Crippen molar-refractivity contribution in [2.45, 2.75) is 44.7 Å². The number of sulfone groups is 1. The van der Waals surface area contributed by atoms with Crippen molar-refractivity contribution in [3.05, 3.63) is 0 Å². The first-order valence-corrected chi connectivity index (χ1v) is 8.61. The van der Waals surface area contributed by atoms with E-state index in [1.807, 2.05) is 0 Å². The zero-order valence-corrected chi connectivity index (χ0v) is 11.5. The predicted octanol–water partition coefficient (Wildman–Crippen LogP) is 0.638. The fourth-order valence-corrected chi connectivity index (χ4v) is 4.34. The van der Waals surface area contributed by atoms with Crippen LogP contribution in [0.15, 0.2) is 0 Å². The van der Waals surface area contributed by atoms with E-state index < -0.39 is 9.84 Å². The van der Waals surface area contributed by atoms with Crippen molar-refractivity contribution < 1.29 is 8.42 Å². The topological polar surface area (TPSA) is 49.4 Å². The Morgan fingerprint density at radius 1 is 1.24 bits per heavy atom. The van der Waals surface area contributed by atoms with Gasteiger partial charge in [-0.1, -0.05) is 6.92 Å². The van der Waals surface area contributed by atoms with E-state index in [4.69, 9.17) is 0 Å². The molecule has 5 heteroatoms. The summed E-state index contributed by atoms with van der Waals surface area (Å²) in [5.74, 6) is 0.780. The van der Waals surface area contributed by atoms with Crippen LogP contribution in [0.1, 0.15) is 32.6 Å². The zero-order valence-electron chi connectivity index (χ0n) is 10.7.